The average molecular weight is 320 g/mol. The second-order valence-electron chi connectivity index (χ2n) is 3.71. The van der Waals surface area contributed by atoms with Crippen LogP contribution in [0.3, 0.4) is 0 Å². The summed E-state index contributed by atoms with van der Waals surface area (Å²) in [4.78, 5) is 24.1. The average Bonchev–Trinajstić information content (AvgIpc) is 3.04. The third kappa shape index (κ3) is 2.32. The third-order valence-electron chi connectivity index (χ3n) is 2.71. The number of aromatic nitrogens is 2. The lowest BCUT2D eigenvalue weighted by Gasteiger charge is -2.24. The molecule has 1 saturated carbocycles. The summed E-state index contributed by atoms with van der Waals surface area (Å²) in [5.41, 5.74) is -0.783. The molecule has 0 atom stereocenters. The van der Waals surface area contributed by atoms with Crippen LogP contribution < -0.4 is 0 Å². The van der Waals surface area contributed by atoms with E-state index in [4.69, 9.17) is 4.74 Å². The molecule has 1 fully saturated rings. The smallest absolute Gasteiger partial charge is 0.331 e. The highest BCUT2D eigenvalue weighted by molar-refractivity contribution is 9.11. The Hall–Kier alpha value is -1.02. The molecule has 6 nitrogen and oxygen atoms in total. The van der Waals surface area contributed by atoms with Crippen LogP contribution in [0.5, 0.6) is 0 Å². The predicted octanol–water partition coefficient (Wildman–Crippen LogP) is 0.965. The van der Waals surface area contributed by atoms with E-state index in [2.05, 4.69) is 26.1 Å². The van der Waals surface area contributed by atoms with E-state index in [0.717, 1.165) is 0 Å². The number of halogens is 1. The Morgan fingerprint density at radius 2 is 2.35 bits per heavy atom. The lowest BCUT2D eigenvalue weighted by molar-refractivity contribution is -0.152. The van der Waals surface area contributed by atoms with Crippen LogP contribution >= 0.6 is 27.3 Å². The van der Waals surface area contributed by atoms with Gasteiger partial charge in [0.1, 0.15) is 10.5 Å². The first kappa shape index (κ1) is 12.4. The van der Waals surface area contributed by atoms with E-state index in [1.54, 1.807) is 0 Å². The fourth-order valence-electron chi connectivity index (χ4n) is 1.65. The van der Waals surface area contributed by atoms with E-state index in [-0.39, 0.29) is 12.5 Å². The van der Waals surface area contributed by atoms with Gasteiger partial charge in [0.2, 0.25) is 6.41 Å². The summed E-state index contributed by atoms with van der Waals surface area (Å²) in [6, 6.07) is 0. The van der Waals surface area contributed by atoms with Crippen LogP contribution in [-0.4, -0.2) is 40.1 Å². The standard InChI is InChI=1S/C9H10BrN3O3S/c1-16-7(15)9(2-3-9)13(5-14)4-6-11-12-8(10)17-6/h5H,2-4H2,1H3. The summed E-state index contributed by atoms with van der Waals surface area (Å²) in [6.07, 6.45) is 1.94. The number of amides is 1. The van der Waals surface area contributed by atoms with E-state index >= 15 is 0 Å². The van der Waals surface area contributed by atoms with Crippen LogP contribution in [0.1, 0.15) is 17.8 Å². The van der Waals surface area contributed by atoms with Crippen LogP contribution in [0.2, 0.25) is 0 Å². The van der Waals surface area contributed by atoms with Gasteiger partial charge in [0, 0.05) is 0 Å². The van der Waals surface area contributed by atoms with Crippen molar-refractivity contribution in [1.29, 1.82) is 0 Å². The van der Waals surface area contributed by atoms with Gasteiger partial charge in [0.15, 0.2) is 3.92 Å². The summed E-state index contributed by atoms with van der Waals surface area (Å²) < 4.78 is 5.38. The van der Waals surface area contributed by atoms with Gasteiger partial charge in [-0.2, -0.15) is 0 Å². The van der Waals surface area contributed by atoms with Crippen LogP contribution in [0.15, 0.2) is 3.92 Å². The normalized spacial score (nSPS) is 16.4. The molecule has 17 heavy (non-hydrogen) atoms. The maximum Gasteiger partial charge on any atom is 0.331 e. The largest absolute Gasteiger partial charge is 0.467 e. The lowest BCUT2D eigenvalue weighted by atomic mass is 10.2. The van der Waals surface area contributed by atoms with Crippen molar-refractivity contribution in [3.05, 3.63) is 8.92 Å². The van der Waals surface area contributed by atoms with E-state index in [1.807, 2.05) is 0 Å². The second kappa shape index (κ2) is 4.69. The van der Waals surface area contributed by atoms with Crippen molar-refractivity contribution in [3.8, 4) is 0 Å². The molecule has 2 rings (SSSR count). The van der Waals surface area contributed by atoms with Gasteiger partial charge in [-0.1, -0.05) is 11.3 Å². The number of carbonyl (C=O) groups excluding carboxylic acids is 2. The molecule has 8 heteroatoms. The van der Waals surface area contributed by atoms with Crippen molar-refractivity contribution in [3.63, 3.8) is 0 Å². The molecule has 0 bridgehead atoms. The topological polar surface area (TPSA) is 72.4 Å². The Morgan fingerprint density at radius 1 is 1.65 bits per heavy atom. The molecule has 0 spiro atoms. The number of carbonyl (C=O) groups is 2. The first-order valence-corrected chi connectivity index (χ1v) is 6.51. The minimum Gasteiger partial charge on any atom is -0.467 e. The maximum absolute atomic E-state index is 11.6. The Balaban J connectivity index is 2.12. The van der Waals surface area contributed by atoms with Crippen molar-refractivity contribution in [2.75, 3.05) is 7.11 Å². The minimum atomic E-state index is -0.783. The summed E-state index contributed by atoms with van der Waals surface area (Å²) in [5.74, 6) is -0.367. The third-order valence-corrected chi connectivity index (χ3v) is 4.05. The van der Waals surface area contributed by atoms with Gasteiger partial charge < -0.3 is 9.64 Å². The molecular formula is C9H10BrN3O3S. The molecular weight excluding hydrogens is 310 g/mol. The van der Waals surface area contributed by atoms with Crippen LogP contribution in [0.25, 0.3) is 0 Å². The SMILES string of the molecule is COC(=O)C1(N(C=O)Cc2nnc(Br)s2)CC1. The minimum absolute atomic E-state index is 0.280. The van der Waals surface area contributed by atoms with E-state index in [9.17, 15) is 9.59 Å². The van der Waals surface area contributed by atoms with Crippen molar-refractivity contribution in [1.82, 2.24) is 15.1 Å². The highest BCUT2D eigenvalue weighted by atomic mass is 79.9. The number of esters is 1. The van der Waals surface area contributed by atoms with Crippen molar-refractivity contribution >= 4 is 39.6 Å². The molecule has 1 aromatic rings. The Bertz CT molecular complexity index is 446. The summed E-state index contributed by atoms with van der Waals surface area (Å²) in [6.45, 7) is 0.280. The second-order valence-corrected chi connectivity index (χ2v) is 6.04. The molecule has 1 aromatic heterocycles. The van der Waals surface area contributed by atoms with Crippen molar-refractivity contribution in [2.45, 2.75) is 24.9 Å². The molecule has 1 heterocycles. The van der Waals surface area contributed by atoms with Crippen LogP contribution in [0.4, 0.5) is 0 Å². The molecule has 0 N–H and O–H groups in total. The Kier molecular flexibility index (Phi) is 3.43. The monoisotopic (exact) mass is 319 g/mol. The zero-order valence-corrected chi connectivity index (χ0v) is 11.5. The molecule has 0 aliphatic heterocycles. The summed E-state index contributed by atoms with van der Waals surface area (Å²) in [7, 11) is 1.33. The van der Waals surface area contributed by atoms with E-state index in [0.29, 0.717) is 28.2 Å². The zero-order chi connectivity index (χ0) is 12.5. The molecule has 0 saturated heterocycles. The van der Waals surface area contributed by atoms with Crippen LogP contribution in [-0.2, 0) is 20.9 Å². The number of hydrogen-bond acceptors (Lipinski definition) is 6. The number of ether oxygens (including phenoxy) is 1. The van der Waals surface area contributed by atoms with Gasteiger partial charge in [-0.05, 0) is 28.8 Å². The van der Waals surface area contributed by atoms with Gasteiger partial charge >= 0.3 is 5.97 Å². The Morgan fingerprint density at radius 3 is 2.76 bits per heavy atom. The Labute approximate surface area is 110 Å². The first-order chi connectivity index (χ1) is 8.12. The molecule has 0 unspecified atom stereocenters. The molecule has 1 aliphatic carbocycles. The first-order valence-electron chi connectivity index (χ1n) is 4.91. The van der Waals surface area contributed by atoms with E-state index in [1.165, 1.54) is 23.3 Å². The summed E-state index contributed by atoms with van der Waals surface area (Å²) >= 11 is 4.54. The highest BCUT2D eigenvalue weighted by Gasteiger charge is 2.56. The lowest BCUT2D eigenvalue weighted by Crippen LogP contribution is -2.43. The molecule has 0 aromatic carbocycles. The predicted molar refractivity (Wildman–Crippen MR) is 63.2 cm³/mol. The highest BCUT2D eigenvalue weighted by Crippen LogP contribution is 2.43. The number of hydrogen-bond donors (Lipinski definition) is 0. The van der Waals surface area contributed by atoms with Crippen molar-refractivity contribution in [2.24, 2.45) is 0 Å². The fourth-order valence-corrected chi connectivity index (χ4v) is 2.85. The van der Waals surface area contributed by atoms with Crippen molar-refractivity contribution < 1.29 is 14.3 Å². The number of nitrogens with zero attached hydrogens (tertiary/aromatic N) is 3. The molecule has 92 valence electrons. The number of rotatable bonds is 5. The van der Waals surface area contributed by atoms with Crippen LogP contribution in [0, 0.1) is 0 Å². The number of methoxy groups -OCH3 is 1. The van der Waals surface area contributed by atoms with E-state index < -0.39 is 5.54 Å². The molecule has 1 amide bonds. The zero-order valence-electron chi connectivity index (χ0n) is 9.05. The van der Waals surface area contributed by atoms with Gasteiger partial charge in [-0.15, -0.1) is 10.2 Å². The molecule has 1 aliphatic rings. The fraction of sp³-hybridized carbons (Fsp3) is 0.556. The molecule has 0 radical (unpaired) electrons. The quantitative estimate of drug-likeness (QED) is 0.597. The summed E-state index contributed by atoms with van der Waals surface area (Å²) in [5, 5.41) is 8.38. The van der Waals surface area contributed by atoms with Gasteiger partial charge in [-0.25, -0.2) is 4.79 Å². The maximum atomic E-state index is 11.6. The van der Waals surface area contributed by atoms with Gasteiger partial charge in [0.05, 0.1) is 13.7 Å². The van der Waals surface area contributed by atoms with Gasteiger partial charge in [-0.3, -0.25) is 4.79 Å². The van der Waals surface area contributed by atoms with Gasteiger partial charge in [0.25, 0.3) is 0 Å².